The normalized spacial score (nSPS) is 11.4. The van der Waals surface area contributed by atoms with Crippen molar-refractivity contribution in [2.45, 2.75) is 92.2 Å². The van der Waals surface area contributed by atoms with E-state index in [-0.39, 0.29) is 76.7 Å². The number of imidazole rings is 2. The predicted molar refractivity (Wildman–Crippen MR) is 309 cm³/mol. The molecular formula is C64H64F5N7O9. The third kappa shape index (κ3) is 16.6. The Balaban J connectivity index is 0.000000239. The lowest BCUT2D eigenvalue weighted by Gasteiger charge is -2.19. The quantitative estimate of drug-likeness (QED) is 0.0644. The zero-order valence-electron chi connectivity index (χ0n) is 48.4. The van der Waals surface area contributed by atoms with Gasteiger partial charge in [-0.1, -0.05) is 18.2 Å². The highest BCUT2D eigenvalue weighted by atomic mass is 19.1. The number of ether oxygens (including phenoxy) is 5. The molecule has 0 amide bonds. The molecule has 9 aromatic rings. The van der Waals surface area contributed by atoms with Crippen LogP contribution < -0.4 is 10.3 Å². The van der Waals surface area contributed by atoms with E-state index in [1.807, 2.05) is 15.2 Å². The van der Waals surface area contributed by atoms with E-state index >= 15 is 13.2 Å². The summed E-state index contributed by atoms with van der Waals surface area (Å²) in [6.45, 7) is 13.9. The van der Waals surface area contributed by atoms with Gasteiger partial charge in [0.25, 0.3) is 0 Å². The number of halogens is 5. The second kappa shape index (κ2) is 28.0. The molecule has 444 valence electrons. The van der Waals surface area contributed by atoms with Crippen LogP contribution in [0, 0.1) is 40.4 Å². The van der Waals surface area contributed by atoms with Gasteiger partial charge in [0.2, 0.25) is 11.4 Å². The van der Waals surface area contributed by atoms with Crippen LogP contribution in [0.3, 0.4) is 0 Å². The van der Waals surface area contributed by atoms with Gasteiger partial charge in [-0.15, -0.1) is 0 Å². The molecule has 16 nitrogen and oxygen atoms in total. The van der Waals surface area contributed by atoms with Crippen molar-refractivity contribution in [1.29, 1.82) is 5.26 Å². The highest BCUT2D eigenvalue weighted by Gasteiger charge is 2.24. The lowest BCUT2D eigenvalue weighted by molar-refractivity contribution is 0.00571. The molecular weight excluding hydrogens is 1110 g/mol. The minimum atomic E-state index is -0.703. The lowest BCUT2D eigenvalue weighted by atomic mass is 10.0. The molecule has 0 spiro atoms. The first kappa shape index (κ1) is 63.5. The lowest BCUT2D eigenvalue weighted by Crippen LogP contribution is -2.23. The number of hydrogen-bond donors (Lipinski definition) is 2. The number of aliphatic hydroxyl groups is 1. The summed E-state index contributed by atoms with van der Waals surface area (Å²) < 4.78 is 106. The number of benzene rings is 5. The standard InChI is InChI=1S/C35H31F3N4O4.C27H27F2N3O4.C2H6O/c1-35(2,3)46-34(43)22-10-11-30-31(16-22)42(12-13-44-4)32(40-30)17-24-15-28(38)25(18-27(24)37)29-6-5-7-33(41-29)45-20-23-9-8-21(19-39)14-26(23)36;1-27(2,3)36-26(34)16-8-9-22-23(13-16)32(10-11-35-4)24(30-22)14-17-12-20(29)18(15-19(17)28)21-6-5-7-25(33)31-21;1-2-3/h5-11,14-16,18H,12-13,17,20H2,1-4H3;5-9,12-13,15H,10-11,14H2,1-4H3,(H,31,33);3H,2H2,1H3. The number of aromatic amines is 1. The molecule has 0 saturated carbocycles. The van der Waals surface area contributed by atoms with Crippen LogP contribution >= 0.6 is 0 Å². The van der Waals surface area contributed by atoms with Gasteiger partial charge in [-0.25, -0.2) is 46.5 Å². The Bertz CT molecular complexity index is 3970. The average Bonchev–Trinajstić information content (AvgIpc) is 2.19. The number of rotatable bonds is 17. The van der Waals surface area contributed by atoms with Crippen molar-refractivity contribution in [1.82, 2.24) is 29.1 Å². The summed E-state index contributed by atoms with van der Waals surface area (Å²) in [5.74, 6) is -3.17. The maximum atomic E-state index is 15.5. The molecule has 0 aliphatic heterocycles. The molecule has 5 aromatic carbocycles. The Hall–Kier alpha value is -9.10. The van der Waals surface area contributed by atoms with Gasteiger partial charge in [-0.05, 0) is 145 Å². The van der Waals surface area contributed by atoms with Gasteiger partial charge in [0.1, 0.15) is 58.5 Å². The third-order valence-electron chi connectivity index (χ3n) is 12.5. The van der Waals surface area contributed by atoms with E-state index in [9.17, 15) is 23.2 Å². The number of nitrogens with one attached hydrogen (secondary N) is 1. The maximum Gasteiger partial charge on any atom is 0.338 e. The van der Waals surface area contributed by atoms with Gasteiger partial charge in [0.15, 0.2) is 0 Å². The van der Waals surface area contributed by atoms with Crippen molar-refractivity contribution in [2.24, 2.45) is 0 Å². The molecule has 2 N–H and O–H groups in total. The average molecular weight is 1170 g/mol. The molecule has 4 heterocycles. The summed E-state index contributed by atoms with van der Waals surface area (Å²) in [4.78, 5) is 53.0. The Morgan fingerprint density at radius 3 is 1.59 bits per heavy atom. The number of H-pyrrole nitrogens is 1. The first-order valence-corrected chi connectivity index (χ1v) is 26.9. The number of hydrogen-bond acceptors (Lipinski definition) is 13. The summed E-state index contributed by atoms with van der Waals surface area (Å²) >= 11 is 0. The second-order valence-corrected chi connectivity index (χ2v) is 21.3. The number of esters is 2. The van der Waals surface area contributed by atoms with Crippen LogP contribution in [-0.4, -0.2) is 91.4 Å². The largest absolute Gasteiger partial charge is 0.473 e. The van der Waals surface area contributed by atoms with E-state index in [0.29, 0.717) is 71.1 Å². The molecule has 0 unspecified atom stereocenters. The van der Waals surface area contributed by atoms with Crippen molar-refractivity contribution in [3.63, 3.8) is 0 Å². The Morgan fingerprint density at radius 1 is 0.612 bits per heavy atom. The van der Waals surface area contributed by atoms with E-state index in [2.05, 4.69) is 19.9 Å². The molecule has 9 rings (SSSR count). The first-order valence-electron chi connectivity index (χ1n) is 26.9. The van der Waals surface area contributed by atoms with E-state index in [4.69, 9.17) is 34.1 Å². The predicted octanol–water partition coefficient (Wildman–Crippen LogP) is 12.0. The van der Waals surface area contributed by atoms with Gasteiger partial charge in [0.05, 0.1) is 69.4 Å². The fourth-order valence-corrected chi connectivity index (χ4v) is 8.73. The number of carbonyl (C=O) groups is 2. The molecule has 0 saturated heterocycles. The third-order valence-corrected chi connectivity index (χ3v) is 12.5. The number of nitrogens with zero attached hydrogens (tertiary/aromatic N) is 6. The number of methoxy groups -OCH3 is 2. The van der Waals surface area contributed by atoms with Crippen LogP contribution in [0.25, 0.3) is 44.6 Å². The van der Waals surface area contributed by atoms with E-state index < -0.39 is 57.8 Å². The molecule has 0 atom stereocenters. The van der Waals surface area contributed by atoms with Crippen LogP contribution in [0.1, 0.15) is 103 Å². The van der Waals surface area contributed by atoms with E-state index in [1.165, 1.54) is 42.5 Å². The molecule has 0 aliphatic rings. The molecule has 4 aromatic heterocycles. The minimum absolute atomic E-state index is 0.00844. The fourth-order valence-electron chi connectivity index (χ4n) is 8.73. The maximum absolute atomic E-state index is 15.5. The first-order chi connectivity index (χ1) is 40.4. The molecule has 0 radical (unpaired) electrons. The number of fused-ring (bicyclic) bond motifs is 2. The number of nitriles is 1. The summed E-state index contributed by atoms with van der Waals surface area (Å²) in [6, 6.07) is 29.1. The van der Waals surface area contributed by atoms with Crippen molar-refractivity contribution >= 4 is 34.0 Å². The van der Waals surface area contributed by atoms with Crippen LogP contribution in [0.5, 0.6) is 5.88 Å². The Kier molecular flexibility index (Phi) is 20.9. The van der Waals surface area contributed by atoms with Crippen molar-refractivity contribution in [3.05, 3.63) is 200 Å². The summed E-state index contributed by atoms with van der Waals surface area (Å²) in [5, 5.41) is 16.5. The minimum Gasteiger partial charge on any atom is -0.473 e. The van der Waals surface area contributed by atoms with Gasteiger partial charge in [-0.2, -0.15) is 5.26 Å². The van der Waals surface area contributed by atoms with E-state index in [0.717, 1.165) is 30.3 Å². The van der Waals surface area contributed by atoms with Crippen LogP contribution in [0.15, 0.2) is 120 Å². The van der Waals surface area contributed by atoms with Gasteiger partial charge < -0.3 is 42.9 Å². The summed E-state index contributed by atoms with van der Waals surface area (Å²) in [6.07, 6.45) is -0.0234. The van der Waals surface area contributed by atoms with Crippen molar-refractivity contribution in [2.75, 3.05) is 34.0 Å². The molecule has 21 heteroatoms. The topological polar surface area (TPSA) is 206 Å². The van der Waals surface area contributed by atoms with Crippen molar-refractivity contribution in [3.8, 4) is 34.5 Å². The number of aromatic nitrogens is 6. The van der Waals surface area contributed by atoms with Crippen molar-refractivity contribution < 1.29 is 60.3 Å². The van der Waals surface area contributed by atoms with E-state index in [1.54, 1.807) is 105 Å². The van der Waals surface area contributed by atoms with Crippen LogP contribution in [0.4, 0.5) is 22.0 Å². The molecule has 0 bridgehead atoms. The zero-order chi connectivity index (χ0) is 61.8. The smallest absolute Gasteiger partial charge is 0.338 e. The van der Waals surface area contributed by atoms with Gasteiger partial charge in [0, 0.05) is 75.6 Å². The summed E-state index contributed by atoms with van der Waals surface area (Å²) in [5.41, 5.74) is 2.24. The Labute approximate surface area is 487 Å². The van der Waals surface area contributed by atoms with Crippen LogP contribution in [0.2, 0.25) is 0 Å². The summed E-state index contributed by atoms with van der Waals surface area (Å²) in [7, 11) is 3.12. The number of aliphatic hydroxyl groups excluding tert-OH is 1. The zero-order valence-corrected chi connectivity index (χ0v) is 48.4. The molecule has 0 fully saturated rings. The molecule has 85 heavy (non-hydrogen) atoms. The number of carbonyl (C=O) groups excluding carboxylic acids is 2. The highest BCUT2D eigenvalue weighted by molar-refractivity contribution is 5.95. The van der Waals surface area contributed by atoms with Gasteiger partial charge >= 0.3 is 11.9 Å². The SMILES string of the molecule is CCO.COCCn1c(Cc2cc(F)c(-c3cccc(=O)[nH]3)cc2F)nc2ccc(C(=O)OC(C)(C)C)cc21.COCCn1c(Cc2cc(F)c(-c3cccc(OCc4ccc(C#N)cc4F)n3)cc2F)nc2ccc(C(=O)OC(C)(C)C)cc21. The highest BCUT2D eigenvalue weighted by Crippen LogP contribution is 2.31. The van der Waals surface area contributed by atoms with Gasteiger partial charge in [-0.3, -0.25) is 4.79 Å². The van der Waals surface area contributed by atoms with Crippen LogP contribution in [-0.2, 0) is 51.5 Å². The monoisotopic (exact) mass is 1170 g/mol. The fraction of sp³-hybridized carbons (Fsp3) is 0.297. The second-order valence-electron chi connectivity index (χ2n) is 21.3. The molecule has 0 aliphatic carbocycles. The number of pyridine rings is 2. The Morgan fingerprint density at radius 2 is 1.11 bits per heavy atom.